The van der Waals surface area contributed by atoms with Crippen LogP contribution in [0.25, 0.3) is 0 Å². The SMILES string of the molecule is O=P([O-])([O-])[O-].O=P([O-])([O-])[O-].O=P([O-])([O-])[O-].O=P([O-])([O-])[O-].[Ba+2].[Ba+2].[Ba+2].[Ba+2].[Ba+2].[Ba+2]. The maximum atomic E-state index is 8.55. The van der Waals surface area contributed by atoms with E-state index in [1.54, 1.807) is 0 Å². The van der Waals surface area contributed by atoms with Crippen molar-refractivity contribution in [1.82, 2.24) is 0 Å². The monoisotopic (exact) mass is 1210 g/mol. The fraction of sp³-hybridized carbons (Fsp3) is 0. The zero-order valence-electron chi connectivity index (χ0n) is 12.6. The molecule has 0 radical (unpaired) electrons. The molecule has 16 nitrogen and oxygen atoms in total. The Kier molecular flexibility index (Phi) is 87.4. The maximum Gasteiger partial charge on any atom is 2.00 e. The Morgan fingerprint density at radius 2 is 0.269 bits per heavy atom. The van der Waals surface area contributed by atoms with Gasteiger partial charge < -0.3 is 77.0 Å². The fourth-order valence-electron chi connectivity index (χ4n) is 0. The minimum absolute atomic E-state index is 0. The molecule has 0 aliphatic heterocycles. The molecule has 0 fully saturated rings. The van der Waals surface area contributed by atoms with Gasteiger partial charge in [0, 0.05) is 0 Å². The normalized spacial score (nSPS) is 9.08. The molecule has 0 aromatic rings. The molecule has 0 unspecified atom stereocenters. The molecule has 0 N–H and O–H groups in total. The summed E-state index contributed by atoms with van der Waals surface area (Å²) in [6.45, 7) is 0. The largest absolute Gasteiger partial charge is 2.00 e. The summed E-state index contributed by atoms with van der Waals surface area (Å²) in [5.41, 5.74) is 0. The van der Waals surface area contributed by atoms with E-state index in [0.717, 1.165) is 0 Å². The van der Waals surface area contributed by atoms with Crippen LogP contribution in [0.15, 0.2) is 0 Å². The Morgan fingerprint density at radius 3 is 0.269 bits per heavy atom. The average molecular weight is 1200 g/mol. The van der Waals surface area contributed by atoms with Crippen molar-refractivity contribution in [2.75, 3.05) is 0 Å². The van der Waals surface area contributed by atoms with Gasteiger partial charge in [-0.3, -0.25) is 0 Å². The minimum Gasteiger partial charge on any atom is -0.822 e. The van der Waals surface area contributed by atoms with Crippen molar-refractivity contribution in [1.29, 1.82) is 0 Å². The van der Waals surface area contributed by atoms with Gasteiger partial charge in [0.2, 0.25) is 0 Å². The van der Waals surface area contributed by atoms with Crippen molar-refractivity contribution in [3.8, 4) is 0 Å². The van der Waals surface area contributed by atoms with Gasteiger partial charge in [-0.15, -0.1) is 0 Å². The molecule has 0 atom stereocenters. The van der Waals surface area contributed by atoms with Crippen LogP contribution in [0, 0.1) is 0 Å². The fourth-order valence-corrected chi connectivity index (χ4v) is 0. The second-order valence-corrected chi connectivity index (χ2v) is 5.37. The third-order valence-corrected chi connectivity index (χ3v) is 0. The van der Waals surface area contributed by atoms with Crippen LogP contribution in [0.5, 0.6) is 0 Å². The van der Waals surface area contributed by atoms with E-state index in [-0.39, 0.29) is 293 Å². The quantitative estimate of drug-likeness (QED) is 0.161. The first-order valence-corrected chi connectivity index (χ1v) is 8.76. The topological polar surface area (TPSA) is 345 Å². The number of hydrogen-bond acceptors (Lipinski definition) is 16. The van der Waals surface area contributed by atoms with E-state index in [1.807, 2.05) is 0 Å². The van der Waals surface area contributed by atoms with E-state index in [0.29, 0.717) is 0 Å². The van der Waals surface area contributed by atoms with Gasteiger partial charge in [-0.05, 0) is 0 Å². The standard InChI is InChI=1S/6Ba.4H3O4P/c;;;;;;4*1-5(2,3)4/h;;;;;;4*(H3,1,2,3,4)/q6*+2;;;;/p-12. The predicted octanol–water partition coefficient (Wildman–Crippen LogP) is -13.6. The van der Waals surface area contributed by atoms with Gasteiger partial charge >= 0.3 is 293 Å². The summed E-state index contributed by atoms with van der Waals surface area (Å²) >= 11 is 0. The molecule has 26 heteroatoms. The van der Waals surface area contributed by atoms with E-state index in [1.165, 1.54) is 0 Å². The molecule has 0 heterocycles. The summed E-state index contributed by atoms with van der Waals surface area (Å²) < 4.78 is 34.2. The van der Waals surface area contributed by atoms with Crippen LogP contribution in [0.1, 0.15) is 0 Å². The van der Waals surface area contributed by atoms with Gasteiger partial charge in [0.25, 0.3) is 0 Å². The Balaban J connectivity index is -0.0000000152. The van der Waals surface area contributed by atoms with Gasteiger partial charge in [0.15, 0.2) is 0 Å². The van der Waals surface area contributed by atoms with Crippen LogP contribution in [0.3, 0.4) is 0 Å². The van der Waals surface area contributed by atoms with Crippen LogP contribution >= 0.6 is 31.3 Å². The second kappa shape index (κ2) is 34.9. The third-order valence-electron chi connectivity index (χ3n) is 0. The molecule has 0 rings (SSSR count). The molecular weight excluding hydrogens is 1200 g/mol. The molecule has 0 aliphatic carbocycles. The average Bonchev–Trinajstić information content (AvgIpc) is 1.62. The molecule has 0 spiro atoms. The van der Waals surface area contributed by atoms with Crippen LogP contribution in [0.4, 0.5) is 0 Å². The van der Waals surface area contributed by atoms with E-state index in [2.05, 4.69) is 0 Å². The molecule has 0 amide bonds. The summed E-state index contributed by atoms with van der Waals surface area (Å²) in [5, 5.41) is 0. The van der Waals surface area contributed by atoms with E-state index in [9.17, 15) is 0 Å². The summed E-state index contributed by atoms with van der Waals surface area (Å²) in [4.78, 5) is 103. The Labute approximate surface area is 389 Å². The van der Waals surface area contributed by atoms with Crippen LogP contribution in [0.2, 0.25) is 0 Å². The van der Waals surface area contributed by atoms with Crippen molar-refractivity contribution < 1.29 is 77.0 Å². The predicted molar refractivity (Wildman–Crippen MR) is 64.9 cm³/mol. The molecule has 0 aromatic carbocycles. The Morgan fingerprint density at radius 1 is 0.269 bits per heavy atom. The van der Waals surface area contributed by atoms with E-state index >= 15 is 0 Å². The van der Waals surface area contributed by atoms with Gasteiger partial charge in [-0.2, -0.15) is 31.3 Å². The summed E-state index contributed by atoms with van der Waals surface area (Å²) in [6.07, 6.45) is 0. The van der Waals surface area contributed by atoms with Crippen molar-refractivity contribution in [2.24, 2.45) is 0 Å². The molecule has 0 saturated heterocycles. The van der Waals surface area contributed by atoms with Crippen molar-refractivity contribution in [3.63, 3.8) is 0 Å². The Hall–Kier alpha value is 9.87. The zero-order chi connectivity index (χ0) is 18.0. The first-order valence-electron chi connectivity index (χ1n) is 2.92. The number of phosphoric acid groups is 4. The summed E-state index contributed by atoms with van der Waals surface area (Å²) in [6, 6.07) is 0. The smallest absolute Gasteiger partial charge is 0.822 e. The Bertz CT molecular complexity index is 299. The van der Waals surface area contributed by atoms with Gasteiger partial charge in [0.05, 0.1) is 0 Å². The van der Waals surface area contributed by atoms with Crippen molar-refractivity contribution in [2.45, 2.75) is 0 Å². The van der Waals surface area contributed by atoms with Gasteiger partial charge in [0.1, 0.15) is 0 Å². The van der Waals surface area contributed by atoms with E-state index < -0.39 is 31.3 Å². The van der Waals surface area contributed by atoms with Crippen LogP contribution < -0.4 is 58.7 Å². The summed E-state index contributed by atoms with van der Waals surface area (Å²) in [7, 11) is -21.6. The second-order valence-electron chi connectivity index (χ2n) is 1.79. The van der Waals surface area contributed by atoms with Crippen molar-refractivity contribution in [3.05, 3.63) is 0 Å². The molecule has 26 heavy (non-hydrogen) atoms. The molecule has 0 aliphatic rings. The molecule has 128 valence electrons. The van der Waals surface area contributed by atoms with Crippen LogP contribution in [-0.2, 0) is 18.3 Å². The van der Waals surface area contributed by atoms with Crippen molar-refractivity contribution >= 4 is 325 Å². The zero-order valence-corrected chi connectivity index (χ0v) is 42.8. The number of hydrogen-bond donors (Lipinski definition) is 0. The minimum atomic E-state index is -5.39. The first kappa shape index (κ1) is 65.2. The van der Waals surface area contributed by atoms with Gasteiger partial charge in [-0.1, -0.05) is 0 Å². The molecule has 0 saturated carbocycles. The number of rotatable bonds is 0. The molecular formula is Ba6O16P4. The van der Waals surface area contributed by atoms with E-state index in [4.69, 9.17) is 77.0 Å². The van der Waals surface area contributed by atoms with Gasteiger partial charge in [-0.25, -0.2) is 0 Å². The summed E-state index contributed by atoms with van der Waals surface area (Å²) in [5.74, 6) is 0. The van der Waals surface area contributed by atoms with Crippen LogP contribution in [-0.4, -0.2) is 293 Å². The maximum absolute atomic E-state index is 8.55. The third kappa shape index (κ3) is 376. The molecule has 0 aromatic heterocycles. The molecule has 0 bridgehead atoms. The first-order chi connectivity index (χ1) is 8.00.